The van der Waals surface area contributed by atoms with Gasteiger partial charge in [0.15, 0.2) is 0 Å². The standard InChI is InChI=1S/C12H11F3N2O.ClH/c13-12(14,15)9-1-2-10-8(7-9)3-5-17-11(10)18-6-4-16;/h1-3,5,7H,4,6,16H2;1H. The first kappa shape index (κ1) is 15.5. The first-order valence-corrected chi connectivity index (χ1v) is 5.31. The number of hydrogen-bond acceptors (Lipinski definition) is 3. The normalized spacial score (nSPS) is 11.2. The highest BCUT2D eigenvalue weighted by Gasteiger charge is 2.30. The van der Waals surface area contributed by atoms with E-state index < -0.39 is 11.7 Å². The molecule has 0 aliphatic rings. The SMILES string of the molecule is Cl.NCCOc1nccc2cc(C(F)(F)F)ccc12. The molecule has 19 heavy (non-hydrogen) atoms. The molecule has 0 amide bonds. The van der Waals surface area contributed by atoms with Gasteiger partial charge in [-0.2, -0.15) is 13.2 Å². The van der Waals surface area contributed by atoms with E-state index in [4.69, 9.17) is 10.5 Å². The summed E-state index contributed by atoms with van der Waals surface area (Å²) in [4.78, 5) is 3.98. The van der Waals surface area contributed by atoms with E-state index >= 15 is 0 Å². The first-order valence-electron chi connectivity index (χ1n) is 5.31. The van der Waals surface area contributed by atoms with E-state index in [1.807, 2.05) is 0 Å². The number of rotatable bonds is 3. The number of hydrogen-bond donors (Lipinski definition) is 1. The van der Waals surface area contributed by atoms with Crippen LogP contribution in [-0.2, 0) is 6.18 Å². The van der Waals surface area contributed by atoms with Crippen molar-refractivity contribution in [3.63, 3.8) is 0 Å². The Morgan fingerprint density at radius 2 is 1.95 bits per heavy atom. The van der Waals surface area contributed by atoms with Gasteiger partial charge in [-0.25, -0.2) is 4.98 Å². The second-order valence-corrected chi connectivity index (χ2v) is 3.69. The van der Waals surface area contributed by atoms with E-state index in [-0.39, 0.29) is 19.0 Å². The quantitative estimate of drug-likeness (QED) is 0.946. The number of benzene rings is 1. The molecule has 0 aliphatic heterocycles. The molecular weight excluding hydrogens is 281 g/mol. The maximum Gasteiger partial charge on any atom is 0.416 e. The third-order valence-corrected chi connectivity index (χ3v) is 2.41. The molecule has 0 saturated heterocycles. The van der Waals surface area contributed by atoms with Gasteiger partial charge in [-0.1, -0.05) is 0 Å². The minimum Gasteiger partial charge on any atom is -0.476 e. The molecule has 104 valence electrons. The Bertz CT molecular complexity index is 560. The van der Waals surface area contributed by atoms with Crippen LogP contribution in [-0.4, -0.2) is 18.1 Å². The summed E-state index contributed by atoms with van der Waals surface area (Å²) < 4.78 is 42.9. The lowest BCUT2D eigenvalue weighted by Gasteiger charge is -2.10. The summed E-state index contributed by atoms with van der Waals surface area (Å²) in [6.07, 6.45) is -2.94. The van der Waals surface area contributed by atoms with Crippen LogP contribution in [0.2, 0.25) is 0 Å². The fourth-order valence-electron chi connectivity index (χ4n) is 1.60. The molecule has 0 saturated carbocycles. The smallest absolute Gasteiger partial charge is 0.416 e. The Morgan fingerprint density at radius 3 is 2.58 bits per heavy atom. The summed E-state index contributed by atoms with van der Waals surface area (Å²) in [5, 5.41) is 0.978. The zero-order valence-corrected chi connectivity index (χ0v) is 10.6. The Hall–Kier alpha value is -1.53. The maximum atomic E-state index is 12.6. The van der Waals surface area contributed by atoms with Crippen molar-refractivity contribution in [1.29, 1.82) is 0 Å². The van der Waals surface area contributed by atoms with Crippen LogP contribution in [0.5, 0.6) is 5.88 Å². The van der Waals surface area contributed by atoms with Crippen molar-refractivity contribution in [2.45, 2.75) is 6.18 Å². The van der Waals surface area contributed by atoms with Crippen molar-refractivity contribution in [3.8, 4) is 5.88 Å². The number of halogens is 4. The number of fused-ring (bicyclic) bond motifs is 1. The average molecular weight is 293 g/mol. The van der Waals surface area contributed by atoms with Crippen LogP contribution in [0.3, 0.4) is 0 Å². The molecule has 2 aromatic rings. The van der Waals surface area contributed by atoms with Gasteiger partial charge in [0.1, 0.15) is 6.61 Å². The summed E-state index contributed by atoms with van der Waals surface area (Å²) >= 11 is 0. The van der Waals surface area contributed by atoms with Crippen molar-refractivity contribution in [2.24, 2.45) is 5.73 Å². The molecule has 7 heteroatoms. The predicted molar refractivity (Wildman–Crippen MR) is 68.5 cm³/mol. The maximum absolute atomic E-state index is 12.6. The lowest BCUT2D eigenvalue weighted by molar-refractivity contribution is -0.137. The highest BCUT2D eigenvalue weighted by atomic mass is 35.5. The second kappa shape index (κ2) is 6.08. The summed E-state index contributed by atoms with van der Waals surface area (Å²) in [6, 6.07) is 4.96. The molecule has 1 aromatic carbocycles. The molecule has 0 radical (unpaired) electrons. The molecule has 0 atom stereocenters. The van der Waals surface area contributed by atoms with E-state index in [1.54, 1.807) is 0 Å². The molecular formula is C12H12ClF3N2O. The van der Waals surface area contributed by atoms with Crippen LogP contribution in [0, 0.1) is 0 Å². The van der Waals surface area contributed by atoms with Crippen LogP contribution in [0.25, 0.3) is 10.8 Å². The highest BCUT2D eigenvalue weighted by Crippen LogP contribution is 2.33. The van der Waals surface area contributed by atoms with Gasteiger partial charge in [-0.3, -0.25) is 0 Å². The van der Waals surface area contributed by atoms with E-state index in [1.165, 1.54) is 18.3 Å². The van der Waals surface area contributed by atoms with Gasteiger partial charge in [-0.05, 0) is 29.7 Å². The molecule has 0 aliphatic carbocycles. The van der Waals surface area contributed by atoms with Gasteiger partial charge in [0.25, 0.3) is 0 Å². The predicted octanol–water partition coefficient (Wildman–Crippen LogP) is 3.01. The molecule has 0 bridgehead atoms. The van der Waals surface area contributed by atoms with Crippen molar-refractivity contribution < 1.29 is 17.9 Å². The van der Waals surface area contributed by atoms with Crippen LogP contribution in [0.1, 0.15) is 5.56 Å². The zero-order valence-electron chi connectivity index (χ0n) is 9.78. The van der Waals surface area contributed by atoms with E-state index in [0.717, 1.165) is 12.1 Å². The molecule has 0 fully saturated rings. The lowest BCUT2D eigenvalue weighted by Crippen LogP contribution is -2.11. The Morgan fingerprint density at radius 1 is 1.21 bits per heavy atom. The molecule has 0 spiro atoms. The number of nitrogens with zero attached hydrogens (tertiary/aromatic N) is 1. The highest BCUT2D eigenvalue weighted by molar-refractivity contribution is 5.87. The summed E-state index contributed by atoms with van der Waals surface area (Å²) in [5.74, 6) is 0.298. The lowest BCUT2D eigenvalue weighted by atomic mass is 10.1. The van der Waals surface area contributed by atoms with Gasteiger partial charge in [0, 0.05) is 18.1 Å². The molecule has 0 unspecified atom stereocenters. The van der Waals surface area contributed by atoms with Gasteiger partial charge in [-0.15, -0.1) is 12.4 Å². The largest absolute Gasteiger partial charge is 0.476 e. The van der Waals surface area contributed by atoms with Crippen LogP contribution >= 0.6 is 12.4 Å². The minimum absolute atomic E-state index is 0. The van der Waals surface area contributed by atoms with E-state index in [0.29, 0.717) is 23.2 Å². The second-order valence-electron chi connectivity index (χ2n) is 3.69. The first-order chi connectivity index (χ1) is 8.52. The molecule has 2 rings (SSSR count). The molecule has 1 aromatic heterocycles. The van der Waals surface area contributed by atoms with E-state index in [2.05, 4.69) is 4.98 Å². The Kier molecular flexibility index (Phi) is 4.97. The Labute approximate surface area is 114 Å². The van der Waals surface area contributed by atoms with Gasteiger partial charge >= 0.3 is 6.18 Å². The third-order valence-electron chi connectivity index (χ3n) is 2.41. The third kappa shape index (κ3) is 3.48. The number of alkyl halides is 3. The Balaban J connectivity index is 0.00000180. The number of pyridine rings is 1. The van der Waals surface area contributed by atoms with Crippen molar-refractivity contribution >= 4 is 23.2 Å². The van der Waals surface area contributed by atoms with Crippen LogP contribution < -0.4 is 10.5 Å². The molecule has 1 heterocycles. The number of nitrogens with two attached hydrogens (primary N) is 1. The van der Waals surface area contributed by atoms with Crippen LogP contribution in [0.4, 0.5) is 13.2 Å². The van der Waals surface area contributed by atoms with Gasteiger partial charge in [0.2, 0.25) is 5.88 Å². The topological polar surface area (TPSA) is 48.1 Å². The summed E-state index contributed by atoms with van der Waals surface area (Å²) in [5.41, 5.74) is 4.61. The fourth-order valence-corrected chi connectivity index (χ4v) is 1.60. The number of aromatic nitrogens is 1. The average Bonchev–Trinajstić information content (AvgIpc) is 2.34. The fraction of sp³-hybridized carbons (Fsp3) is 0.250. The van der Waals surface area contributed by atoms with Crippen molar-refractivity contribution in [3.05, 3.63) is 36.0 Å². The van der Waals surface area contributed by atoms with E-state index in [9.17, 15) is 13.2 Å². The van der Waals surface area contributed by atoms with Crippen molar-refractivity contribution in [2.75, 3.05) is 13.2 Å². The van der Waals surface area contributed by atoms with Gasteiger partial charge < -0.3 is 10.5 Å². The minimum atomic E-state index is -4.35. The zero-order chi connectivity index (χ0) is 13.2. The summed E-state index contributed by atoms with van der Waals surface area (Å²) in [7, 11) is 0. The monoisotopic (exact) mass is 292 g/mol. The number of ether oxygens (including phenoxy) is 1. The molecule has 3 nitrogen and oxygen atoms in total. The van der Waals surface area contributed by atoms with Gasteiger partial charge in [0.05, 0.1) is 5.56 Å². The molecule has 2 N–H and O–H groups in total. The van der Waals surface area contributed by atoms with Crippen LogP contribution in [0.15, 0.2) is 30.5 Å². The summed E-state index contributed by atoms with van der Waals surface area (Å²) in [6.45, 7) is 0.589. The van der Waals surface area contributed by atoms with Crippen molar-refractivity contribution in [1.82, 2.24) is 4.98 Å².